The Labute approximate surface area is 130 Å². The number of halogens is 1. The molecule has 0 bridgehead atoms. The van der Waals surface area contributed by atoms with Crippen LogP contribution >= 0.6 is 11.6 Å². The van der Waals surface area contributed by atoms with Crippen molar-refractivity contribution in [2.75, 3.05) is 37.0 Å². The zero-order valence-electron chi connectivity index (χ0n) is 12.7. The highest BCUT2D eigenvalue weighted by Gasteiger charge is 2.39. The van der Waals surface area contributed by atoms with Crippen LogP contribution < -0.4 is 9.80 Å². The molecule has 0 aromatic carbocycles. The second-order valence-corrected chi connectivity index (χ2v) is 6.38. The predicted molar refractivity (Wildman–Crippen MR) is 85.1 cm³/mol. The average molecular weight is 309 g/mol. The van der Waals surface area contributed by atoms with Crippen LogP contribution in [0.5, 0.6) is 0 Å². The van der Waals surface area contributed by atoms with Crippen molar-refractivity contribution in [1.29, 1.82) is 0 Å². The SMILES string of the molecule is C[C@@H]1C(=O)N(C)c2ccc(Cl)nc2N1C1CCN(C)CC1. The van der Waals surface area contributed by atoms with Crippen LogP contribution in [0.3, 0.4) is 0 Å². The number of anilines is 2. The molecule has 1 fully saturated rings. The number of carbonyl (C=O) groups excluding carboxylic acids is 1. The minimum absolute atomic E-state index is 0.116. The van der Waals surface area contributed by atoms with E-state index in [0.717, 1.165) is 37.4 Å². The maximum atomic E-state index is 12.5. The third kappa shape index (κ3) is 2.49. The molecule has 6 heteroatoms. The number of rotatable bonds is 1. The Bertz CT molecular complexity index is 557. The third-order valence-corrected chi connectivity index (χ3v) is 4.82. The second-order valence-electron chi connectivity index (χ2n) is 5.99. The molecule has 0 unspecified atom stereocenters. The van der Waals surface area contributed by atoms with Gasteiger partial charge in [-0.2, -0.15) is 0 Å². The highest BCUT2D eigenvalue weighted by molar-refractivity contribution is 6.29. The normalized spacial score (nSPS) is 24.4. The molecule has 21 heavy (non-hydrogen) atoms. The van der Waals surface area contributed by atoms with Crippen LogP contribution in [0.15, 0.2) is 12.1 Å². The molecular formula is C15H21ClN4O. The number of piperidine rings is 1. The fourth-order valence-corrected chi connectivity index (χ4v) is 3.48. The number of nitrogens with zero attached hydrogens (tertiary/aromatic N) is 4. The summed E-state index contributed by atoms with van der Waals surface area (Å²) in [4.78, 5) is 23.2. The maximum Gasteiger partial charge on any atom is 0.249 e. The van der Waals surface area contributed by atoms with Gasteiger partial charge in [-0.15, -0.1) is 0 Å². The zero-order chi connectivity index (χ0) is 15.1. The largest absolute Gasteiger partial charge is 0.340 e. The number of carbonyl (C=O) groups is 1. The predicted octanol–water partition coefficient (Wildman–Crippen LogP) is 2.00. The van der Waals surface area contributed by atoms with Crippen LogP contribution in [0.2, 0.25) is 5.15 Å². The second kappa shape index (κ2) is 5.46. The van der Waals surface area contributed by atoms with E-state index in [9.17, 15) is 4.79 Å². The number of pyridine rings is 1. The van der Waals surface area contributed by atoms with Crippen LogP contribution in [0, 0.1) is 0 Å². The van der Waals surface area contributed by atoms with E-state index in [2.05, 4.69) is 21.8 Å². The third-order valence-electron chi connectivity index (χ3n) is 4.61. The van der Waals surface area contributed by atoms with E-state index in [1.807, 2.05) is 13.0 Å². The van der Waals surface area contributed by atoms with Crippen molar-refractivity contribution in [1.82, 2.24) is 9.88 Å². The Hall–Kier alpha value is -1.33. The number of fused-ring (bicyclic) bond motifs is 1. The van der Waals surface area contributed by atoms with Gasteiger partial charge in [0.2, 0.25) is 5.91 Å². The highest BCUT2D eigenvalue weighted by Crippen LogP contribution is 2.37. The lowest BCUT2D eigenvalue weighted by Crippen LogP contribution is -2.57. The summed E-state index contributed by atoms with van der Waals surface area (Å²) in [5.41, 5.74) is 0.849. The quantitative estimate of drug-likeness (QED) is 0.744. The molecule has 0 saturated carbocycles. The van der Waals surface area contributed by atoms with Crippen LogP contribution in [-0.4, -0.2) is 55.1 Å². The molecule has 5 nitrogen and oxygen atoms in total. The van der Waals surface area contributed by atoms with Gasteiger partial charge in [0.15, 0.2) is 5.82 Å². The lowest BCUT2D eigenvalue weighted by atomic mass is 9.99. The zero-order valence-corrected chi connectivity index (χ0v) is 13.5. The topological polar surface area (TPSA) is 39.7 Å². The van der Waals surface area contributed by atoms with Crippen molar-refractivity contribution in [2.45, 2.75) is 31.8 Å². The van der Waals surface area contributed by atoms with E-state index in [1.54, 1.807) is 18.0 Å². The molecule has 1 aromatic heterocycles. The molecule has 114 valence electrons. The monoisotopic (exact) mass is 308 g/mol. The first-order chi connectivity index (χ1) is 9.99. The highest BCUT2D eigenvalue weighted by atomic mass is 35.5. The molecule has 0 N–H and O–H groups in total. The molecule has 1 saturated heterocycles. The molecule has 2 aliphatic rings. The van der Waals surface area contributed by atoms with Gasteiger partial charge < -0.3 is 14.7 Å². The Kier molecular flexibility index (Phi) is 3.80. The van der Waals surface area contributed by atoms with Gasteiger partial charge in [0.1, 0.15) is 11.2 Å². The number of amides is 1. The van der Waals surface area contributed by atoms with E-state index < -0.39 is 0 Å². The molecular weight excluding hydrogens is 288 g/mol. The van der Waals surface area contributed by atoms with E-state index >= 15 is 0 Å². The number of hydrogen-bond donors (Lipinski definition) is 0. The van der Waals surface area contributed by atoms with Crippen molar-refractivity contribution < 1.29 is 4.79 Å². The molecule has 1 amide bonds. The Morgan fingerprint density at radius 2 is 1.90 bits per heavy atom. The van der Waals surface area contributed by atoms with Crippen molar-refractivity contribution in [3.63, 3.8) is 0 Å². The molecule has 3 rings (SSSR count). The molecule has 1 aromatic rings. The van der Waals surface area contributed by atoms with E-state index in [1.165, 1.54) is 0 Å². The van der Waals surface area contributed by atoms with Gasteiger partial charge in [-0.25, -0.2) is 4.98 Å². The molecule has 0 spiro atoms. The fourth-order valence-electron chi connectivity index (χ4n) is 3.33. The van der Waals surface area contributed by atoms with Crippen LogP contribution in [0.4, 0.5) is 11.5 Å². The first-order valence-corrected chi connectivity index (χ1v) is 7.78. The molecule has 1 atom stereocenters. The van der Waals surface area contributed by atoms with E-state index in [4.69, 9.17) is 11.6 Å². The molecule has 3 heterocycles. The average Bonchev–Trinajstić information content (AvgIpc) is 2.47. The number of likely N-dealkylation sites (tertiary alicyclic amines) is 1. The van der Waals surface area contributed by atoms with Crippen molar-refractivity contribution in [3.05, 3.63) is 17.3 Å². The summed E-state index contributed by atoms with van der Waals surface area (Å²) >= 11 is 6.09. The summed E-state index contributed by atoms with van der Waals surface area (Å²) in [6.07, 6.45) is 2.09. The lowest BCUT2D eigenvalue weighted by molar-refractivity contribution is -0.119. The Morgan fingerprint density at radius 3 is 2.57 bits per heavy atom. The van der Waals surface area contributed by atoms with Crippen molar-refractivity contribution in [3.8, 4) is 0 Å². The van der Waals surface area contributed by atoms with Crippen molar-refractivity contribution in [2.24, 2.45) is 0 Å². The minimum Gasteiger partial charge on any atom is -0.340 e. The summed E-state index contributed by atoms with van der Waals surface area (Å²) in [6.45, 7) is 4.06. The summed E-state index contributed by atoms with van der Waals surface area (Å²) in [5, 5.41) is 0.474. The molecule has 2 aliphatic heterocycles. The summed E-state index contributed by atoms with van der Waals surface area (Å²) in [7, 11) is 3.94. The van der Waals surface area contributed by atoms with Crippen LogP contribution in [0.25, 0.3) is 0 Å². The number of aromatic nitrogens is 1. The number of hydrogen-bond acceptors (Lipinski definition) is 4. The Balaban J connectivity index is 2.00. The van der Waals surface area contributed by atoms with Crippen LogP contribution in [-0.2, 0) is 4.79 Å². The Morgan fingerprint density at radius 1 is 1.24 bits per heavy atom. The van der Waals surface area contributed by atoms with Gasteiger partial charge in [-0.05, 0) is 52.0 Å². The van der Waals surface area contributed by atoms with Crippen LogP contribution in [0.1, 0.15) is 19.8 Å². The van der Waals surface area contributed by atoms with Crippen molar-refractivity contribution >= 4 is 29.0 Å². The smallest absolute Gasteiger partial charge is 0.249 e. The van der Waals surface area contributed by atoms with E-state index in [-0.39, 0.29) is 11.9 Å². The van der Waals surface area contributed by atoms with Gasteiger partial charge in [0.05, 0.1) is 5.69 Å². The lowest BCUT2D eigenvalue weighted by Gasteiger charge is -2.45. The molecule has 0 radical (unpaired) electrons. The van der Waals surface area contributed by atoms with Gasteiger partial charge in [0, 0.05) is 13.1 Å². The first kappa shape index (κ1) is 14.6. The fraction of sp³-hybridized carbons (Fsp3) is 0.600. The van der Waals surface area contributed by atoms with Gasteiger partial charge in [-0.3, -0.25) is 4.79 Å². The van der Waals surface area contributed by atoms with Gasteiger partial charge >= 0.3 is 0 Å². The number of likely N-dealkylation sites (N-methyl/N-ethyl adjacent to an activating group) is 1. The summed E-state index contributed by atoms with van der Waals surface area (Å²) < 4.78 is 0. The first-order valence-electron chi connectivity index (χ1n) is 7.40. The summed E-state index contributed by atoms with van der Waals surface area (Å²) in [5.74, 6) is 0.956. The molecule has 0 aliphatic carbocycles. The van der Waals surface area contributed by atoms with Gasteiger partial charge in [0.25, 0.3) is 0 Å². The minimum atomic E-state index is -0.193. The van der Waals surface area contributed by atoms with Gasteiger partial charge in [-0.1, -0.05) is 11.6 Å². The maximum absolute atomic E-state index is 12.5. The summed E-state index contributed by atoms with van der Waals surface area (Å²) in [6, 6.07) is 3.78. The van der Waals surface area contributed by atoms with E-state index in [0.29, 0.717) is 11.2 Å². The standard InChI is InChI=1S/C15H21ClN4O/c1-10-15(21)19(3)12-4-5-13(16)17-14(12)20(10)11-6-8-18(2)9-7-11/h4-5,10-11H,6-9H2,1-3H3/t10-/m1/s1.